The Labute approximate surface area is 264 Å². The predicted octanol–water partition coefficient (Wildman–Crippen LogP) is 7.46. The molecule has 0 spiro atoms. The van der Waals surface area contributed by atoms with Crippen molar-refractivity contribution in [2.45, 2.75) is 45.0 Å². The van der Waals surface area contributed by atoms with E-state index in [4.69, 9.17) is 9.47 Å². The highest BCUT2D eigenvalue weighted by Gasteiger charge is 2.39. The minimum atomic E-state index is -0.645. The second-order valence-electron chi connectivity index (χ2n) is 11.9. The molecule has 5 atom stereocenters. The first kappa shape index (κ1) is 30.6. The number of carbonyl (C=O) groups is 1. The maximum Gasteiger partial charge on any atom is 0.257 e. The molecule has 5 unspecified atom stereocenters. The van der Waals surface area contributed by atoms with Crippen LogP contribution in [0.4, 0.5) is 5.69 Å². The van der Waals surface area contributed by atoms with Crippen molar-refractivity contribution in [1.82, 2.24) is 9.88 Å². The first-order chi connectivity index (χ1) is 21.9. The number of rotatable bonds is 9. The Kier molecular flexibility index (Phi) is 9.33. The molecule has 0 bridgehead atoms. The van der Waals surface area contributed by atoms with E-state index in [1.807, 2.05) is 48.5 Å². The van der Waals surface area contributed by atoms with Gasteiger partial charge in [-0.15, -0.1) is 0 Å². The van der Waals surface area contributed by atoms with Crippen LogP contribution in [0.1, 0.15) is 64.9 Å². The molecule has 7 heteroatoms. The van der Waals surface area contributed by atoms with Crippen molar-refractivity contribution in [2.24, 2.45) is 5.92 Å². The molecule has 1 amide bonds. The van der Waals surface area contributed by atoms with E-state index in [2.05, 4.69) is 78.6 Å². The second kappa shape index (κ2) is 13.7. The Balaban J connectivity index is 1.25. The molecule has 45 heavy (non-hydrogen) atoms. The van der Waals surface area contributed by atoms with Crippen LogP contribution in [-0.4, -0.2) is 40.6 Å². The third-order valence-corrected chi connectivity index (χ3v) is 8.85. The molecule has 1 fully saturated rings. The van der Waals surface area contributed by atoms with Crippen molar-refractivity contribution >= 4 is 22.4 Å². The van der Waals surface area contributed by atoms with Gasteiger partial charge >= 0.3 is 0 Å². The summed E-state index contributed by atoms with van der Waals surface area (Å²) >= 11 is 0. The van der Waals surface area contributed by atoms with E-state index in [0.29, 0.717) is 17.8 Å². The van der Waals surface area contributed by atoms with Gasteiger partial charge in [-0.25, -0.2) is 0 Å². The Morgan fingerprint density at radius 3 is 2.47 bits per heavy atom. The molecule has 6 rings (SSSR count). The normalized spacial score (nSPS) is 20.6. The lowest BCUT2D eigenvalue weighted by atomic mass is 9.89. The number of pyridine rings is 1. The highest BCUT2D eigenvalue weighted by Crippen LogP contribution is 2.42. The number of nitrogens with zero attached hydrogens (tertiary/aromatic N) is 2. The number of ether oxygens (including phenoxy) is 2. The van der Waals surface area contributed by atoms with Crippen molar-refractivity contribution in [3.05, 3.63) is 143 Å². The van der Waals surface area contributed by atoms with Gasteiger partial charge < -0.3 is 19.9 Å². The van der Waals surface area contributed by atoms with Crippen LogP contribution >= 0.6 is 0 Å². The lowest BCUT2D eigenvalue weighted by Crippen LogP contribution is -2.44. The third-order valence-electron chi connectivity index (χ3n) is 8.85. The van der Waals surface area contributed by atoms with Crippen LogP contribution in [0.15, 0.2) is 116 Å². The first-order valence-electron chi connectivity index (χ1n) is 15.4. The van der Waals surface area contributed by atoms with Crippen molar-refractivity contribution < 1.29 is 19.4 Å². The molecule has 1 saturated heterocycles. The van der Waals surface area contributed by atoms with E-state index in [0.717, 1.165) is 16.7 Å². The van der Waals surface area contributed by atoms with Crippen LogP contribution < -0.4 is 5.32 Å². The number of fused-ring (bicyclic) bond motifs is 1. The van der Waals surface area contributed by atoms with Crippen LogP contribution in [0.3, 0.4) is 0 Å². The fraction of sp³-hybridized carbons (Fsp3) is 0.263. The minimum Gasteiger partial charge on any atom is -0.392 e. The SMILES string of the molecule is CC1C(CN(C)C(C)c2ccc3ccccc3c2)OC(c2cccc(NC(=O)c3cccnc3)c2)OC1c1ccc(CO)cc1. The molecule has 0 aliphatic carbocycles. The van der Waals surface area contributed by atoms with Crippen molar-refractivity contribution in [2.75, 3.05) is 18.9 Å². The van der Waals surface area contributed by atoms with E-state index < -0.39 is 6.29 Å². The largest absolute Gasteiger partial charge is 0.392 e. The molecule has 1 aliphatic rings. The summed E-state index contributed by atoms with van der Waals surface area (Å²) in [7, 11) is 2.14. The average Bonchev–Trinajstić information content (AvgIpc) is 3.09. The van der Waals surface area contributed by atoms with Crippen LogP contribution in [0.5, 0.6) is 0 Å². The standard InChI is InChI=1S/C38H39N3O4/c1-25-35(23-41(3)26(2)30-18-17-28-8-4-5-9-31(28)20-30)44-38(45-36(25)29-15-13-27(24-42)14-16-29)32-10-6-12-34(21-32)40-37(43)33-11-7-19-39-22-33/h4-22,25-26,35-36,38,42H,23-24H2,1-3H3,(H,40,43). The van der Waals surface area contributed by atoms with Crippen LogP contribution in [0.25, 0.3) is 10.8 Å². The quantitative estimate of drug-likeness (QED) is 0.182. The Hall–Kier alpha value is -4.40. The molecule has 2 heterocycles. The van der Waals surface area contributed by atoms with Gasteiger partial charge in [0.25, 0.3) is 5.91 Å². The molecule has 1 aromatic heterocycles. The minimum absolute atomic E-state index is 0.00920. The van der Waals surface area contributed by atoms with Gasteiger partial charge in [0.05, 0.1) is 24.4 Å². The summed E-state index contributed by atoms with van der Waals surface area (Å²) in [4.78, 5) is 19.2. The van der Waals surface area contributed by atoms with Gasteiger partial charge in [-0.3, -0.25) is 14.7 Å². The highest BCUT2D eigenvalue weighted by molar-refractivity contribution is 6.04. The number of hydrogen-bond donors (Lipinski definition) is 2. The Morgan fingerprint density at radius 1 is 0.911 bits per heavy atom. The molecule has 7 nitrogen and oxygen atoms in total. The number of nitrogens with one attached hydrogen (secondary N) is 1. The number of aliphatic hydroxyl groups excluding tert-OH is 1. The van der Waals surface area contributed by atoms with Gasteiger partial charge in [-0.2, -0.15) is 0 Å². The van der Waals surface area contributed by atoms with E-state index in [1.54, 1.807) is 24.5 Å². The monoisotopic (exact) mass is 601 g/mol. The maximum absolute atomic E-state index is 12.8. The molecule has 0 saturated carbocycles. The van der Waals surface area contributed by atoms with Gasteiger partial charge in [-0.1, -0.05) is 79.7 Å². The van der Waals surface area contributed by atoms with E-state index in [1.165, 1.54) is 16.3 Å². The zero-order valence-electron chi connectivity index (χ0n) is 25.8. The molecule has 0 radical (unpaired) electrons. The summed E-state index contributed by atoms with van der Waals surface area (Å²) in [5.74, 6) is -0.190. The van der Waals surface area contributed by atoms with Gasteiger partial charge in [-0.05, 0) is 71.8 Å². The smallest absolute Gasteiger partial charge is 0.257 e. The molecular weight excluding hydrogens is 562 g/mol. The molecular formula is C38H39N3O4. The lowest BCUT2D eigenvalue weighted by Gasteiger charge is -2.43. The summed E-state index contributed by atoms with van der Waals surface area (Å²) in [5.41, 5.74) is 5.09. The van der Waals surface area contributed by atoms with Gasteiger partial charge in [0, 0.05) is 42.1 Å². The number of amides is 1. The molecule has 1 aliphatic heterocycles. The number of benzene rings is 4. The zero-order valence-corrected chi connectivity index (χ0v) is 25.8. The van der Waals surface area contributed by atoms with Crippen molar-refractivity contribution in [3.63, 3.8) is 0 Å². The van der Waals surface area contributed by atoms with Gasteiger partial charge in [0.2, 0.25) is 0 Å². The summed E-state index contributed by atoms with van der Waals surface area (Å²) in [5, 5.41) is 15.0. The highest BCUT2D eigenvalue weighted by atomic mass is 16.7. The lowest BCUT2D eigenvalue weighted by molar-refractivity contribution is -0.276. The number of aromatic nitrogens is 1. The fourth-order valence-electron chi connectivity index (χ4n) is 5.96. The average molecular weight is 602 g/mol. The number of aliphatic hydroxyl groups is 1. The Bertz CT molecular complexity index is 1740. The summed E-state index contributed by atoms with van der Waals surface area (Å²) in [6, 6.07) is 34.3. The van der Waals surface area contributed by atoms with Gasteiger partial charge in [0.1, 0.15) is 0 Å². The third kappa shape index (κ3) is 6.97. The number of carbonyl (C=O) groups excluding carboxylic acids is 1. The summed E-state index contributed by atoms with van der Waals surface area (Å²) in [6.45, 7) is 5.08. The Morgan fingerprint density at radius 2 is 1.71 bits per heavy atom. The van der Waals surface area contributed by atoms with E-state index >= 15 is 0 Å². The topological polar surface area (TPSA) is 83.9 Å². The number of likely N-dealkylation sites (N-methyl/N-ethyl adjacent to an activating group) is 1. The van der Waals surface area contributed by atoms with Crippen molar-refractivity contribution in [1.29, 1.82) is 0 Å². The number of anilines is 1. The summed E-state index contributed by atoms with van der Waals surface area (Å²) in [6.07, 6.45) is 2.15. The van der Waals surface area contributed by atoms with Crippen LogP contribution in [-0.2, 0) is 16.1 Å². The molecule has 230 valence electrons. The number of hydrogen-bond acceptors (Lipinski definition) is 6. The fourth-order valence-corrected chi connectivity index (χ4v) is 5.96. The molecule has 4 aromatic carbocycles. The summed E-state index contributed by atoms with van der Waals surface area (Å²) < 4.78 is 13.4. The molecule has 2 N–H and O–H groups in total. The predicted molar refractivity (Wildman–Crippen MR) is 177 cm³/mol. The van der Waals surface area contributed by atoms with E-state index in [-0.39, 0.29) is 36.7 Å². The van der Waals surface area contributed by atoms with E-state index in [9.17, 15) is 9.90 Å². The van der Waals surface area contributed by atoms with Gasteiger partial charge in [0.15, 0.2) is 6.29 Å². The van der Waals surface area contributed by atoms with Crippen LogP contribution in [0.2, 0.25) is 0 Å². The van der Waals surface area contributed by atoms with Crippen molar-refractivity contribution in [3.8, 4) is 0 Å². The first-order valence-corrected chi connectivity index (χ1v) is 15.4. The van der Waals surface area contributed by atoms with Crippen LogP contribution in [0, 0.1) is 5.92 Å². The zero-order chi connectivity index (χ0) is 31.3. The maximum atomic E-state index is 12.8. The molecule has 5 aromatic rings. The second-order valence-corrected chi connectivity index (χ2v) is 11.9.